The molecule has 0 radical (unpaired) electrons. The topological polar surface area (TPSA) is 81.4 Å². The first kappa shape index (κ1) is 21.8. The van der Waals surface area contributed by atoms with Crippen LogP contribution in [0.25, 0.3) is 10.9 Å². The number of rotatable bonds is 4. The van der Waals surface area contributed by atoms with Gasteiger partial charge in [0.2, 0.25) is 5.95 Å². The molecule has 0 unspecified atom stereocenters. The lowest BCUT2D eigenvalue weighted by molar-refractivity contribution is -0.0327. The van der Waals surface area contributed by atoms with Crippen molar-refractivity contribution in [3.05, 3.63) is 53.4 Å². The Bertz CT molecular complexity index is 1170. The molecule has 2 fully saturated rings. The summed E-state index contributed by atoms with van der Waals surface area (Å²) in [4.78, 5) is 20.1. The van der Waals surface area contributed by atoms with Crippen molar-refractivity contribution in [3.8, 4) is 6.07 Å². The van der Waals surface area contributed by atoms with Crippen LogP contribution >= 0.6 is 11.6 Å². The highest BCUT2D eigenvalue weighted by Gasteiger charge is 2.29. The van der Waals surface area contributed by atoms with Gasteiger partial charge in [-0.15, -0.1) is 0 Å². The molecule has 3 aromatic rings. The second-order valence-corrected chi connectivity index (χ2v) is 8.97. The molecule has 1 aromatic carbocycles. The van der Waals surface area contributed by atoms with Gasteiger partial charge in [0.25, 0.3) is 0 Å². The number of aromatic nitrogens is 3. The molecule has 0 saturated carbocycles. The number of nitriles is 1. The van der Waals surface area contributed by atoms with Gasteiger partial charge in [-0.2, -0.15) is 5.26 Å². The van der Waals surface area contributed by atoms with E-state index in [0.717, 1.165) is 62.4 Å². The average Bonchev–Trinajstić information content (AvgIpc) is 2.83. The molecule has 8 nitrogen and oxygen atoms in total. The normalized spacial score (nSPS) is 21.8. The summed E-state index contributed by atoms with van der Waals surface area (Å²) in [6.45, 7) is 8.18. The Kier molecular flexibility index (Phi) is 6.27. The number of anilines is 2. The summed E-state index contributed by atoms with van der Waals surface area (Å²) in [6, 6.07) is 11.8. The lowest BCUT2D eigenvalue weighted by Gasteiger charge is -2.42. The molecule has 0 N–H and O–H groups in total. The summed E-state index contributed by atoms with van der Waals surface area (Å²) in [5, 5.41) is 10.9. The smallest absolute Gasteiger partial charge is 0.226 e. The summed E-state index contributed by atoms with van der Waals surface area (Å²) >= 11 is 6.02. The zero-order chi connectivity index (χ0) is 22.8. The monoisotopic (exact) mass is 463 g/mol. The first-order valence-electron chi connectivity index (χ1n) is 11.2. The number of ether oxygens (including phenoxy) is 1. The molecule has 2 aromatic heterocycles. The van der Waals surface area contributed by atoms with Gasteiger partial charge in [-0.3, -0.25) is 9.88 Å². The van der Waals surface area contributed by atoms with Crippen molar-refractivity contribution >= 4 is 34.1 Å². The van der Waals surface area contributed by atoms with Gasteiger partial charge >= 0.3 is 0 Å². The molecule has 9 heteroatoms. The number of fused-ring (bicyclic) bond motifs is 1. The average molecular weight is 464 g/mol. The molecule has 33 heavy (non-hydrogen) atoms. The molecular formula is C24H26ClN7O. The number of piperazine rings is 1. The van der Waals surface area contributed by atoms with Gasteiger partial charge < -0.3 is 14.5 Å². The van der Waals surface area contributed by atoms with Crippen molar-refractivity contribution in [3.63, 3.8) is 0 Å². The van der Waals surface area contributed by atoms with Gasteiger partial charge in [0, 0.05) is 69.3 Å². The molecule has 0 bridgehead atoms. The molecule has 5 rings (SSSR count). The Morgan fingerprint density at radius 1 is 1.06 bits per heavy atom. The van der Waals surface area contributed by atoms with Crippen molar-refractivity contribution in [2.45, 2.75) is 19.1 Å². The number of morpholine rings is 1. The van der Waals surface area contributed by atoms with Crippen molar-refractivity contribution in [2.24, 2.45) is 0 Å². The van der Waals surface area contributed by atoms with Crippen molar-refractivity contribution < 1.29 is 4.74 Å². The van der Waals surface area contributed by atoms with E-state index in [0.29, 0.717) is 16.7 Å². The fraction of sp³-hybridized carbons (Fsp3) is 0.417. The van der Waals surface area contributed by atoms with E-state index >= 15 is 0 Å². The maximum Gasteiger partial charge on any atom is 0.226 e. The highest BCUT2D eigenvalue weighted by Crippen LogP contribution is 2.30. The van der Waals surface area contributed by atoms with E-state index in [1.807, 2.05) is 24.3 Å². The van der Waals surface area contributed by atoms with E-state index in [2.05, 4.69) is 42.6 Å². The molecule has 2 saturated heterocycles. The molecule has 0 spiro atoms. The fourth-order valence-corrected chi connectivity index (χ4v) is 4.90. The van der Waals surface area contributed by atoms with Crippen molar-refractivity contribution in [1.82, 2.24) is 19.9 Å². The molecule has 170 valence electrons. The SMILES string of the molecule is C[C@@H]1CN(c2ccc(C#N)c3ncccc23)C[C@H](CN2CCN(c3nccc(Cl)n3)CC2)O1. The predicted molar refractivity (Wildman–Crippen MR) is 129 cm³/mol. The van der Waals surface area contributed by atoms with Gasteiger partial charge in [0.05, 0.1) is 23.3 Å². The number of halogens is 1. The van der Waals surface area contributed by atoms with E-state index in [9.17, 15) is 5.26 Å². The highest BCUT2D eigenvalue weighted by molar-refractivity contribution is 6.29. The zero-order valence-corrected chi connectivity index (χ0v) is 19.3. The van der Waals surface area contributed by atoms with Crippen LogP contribution in [0.4, 0.5) is 11.6 Å². The largest absolute Gasteiger partial charge is 0.370 e. The van der Waals surface area contributed by atoms with Crippen molar-refractivity contribution in [2.75, 3.05) is 55.6 Å². The van der Waals surface area contributed by atoms with E-state index in [1.54, 1.807) is 18.5 Å². The third-order valence-electron chi connectivity index (χ3n) is 6.26. The third kappa shape index (κ3) is 4.71. The number of pyridine rings is 1. The van der Waals surface area contributed by atoms with Gasteiger partial charge in [-0.25, -0.2) is 9.97 Å². The van der Waals surface area contributed by atoms with E-state index < -0.39 is 0 Å². The molecule has 0 aliphatic carbocycles. The van der Waals surface area contributed by atoms with Gasteiger partial charge in [0.15, 0.2) is 0 Å². The number of hydrogen-bond donors (Lipinski definition) is 0. The summed E-state index contributed by atoms with van der Waals surface area (Å²) in [6.07, 6.45) is 3.66. The summed E-state index contributed by atoms with van der Waals surface area (Å²) in [5.41, 5.74) is 2.47. The second-order valence-electron chi connectivity index (χ2n) is 8.58. The predicted octanol–water partition coefficient (Wildman–Crippen LogP) is 2.97. The number of hydrogen-bond acceptors (Lipinski definition) is 8. The molecular weight excluding hydrogens is 438 g/mol. The maximum atomic E-state index is 9.46. The van der Waals surface area contributed by atoms with Crippen LogP contribution in [-0.2, 0) is 4.74 Å². The summed E-state index contributed by atoms with van der Waals surface area (Å²) < 4.78 is 6.32. The van der Waals surface area contributed by atoms with Crippen LogP contribution < -0.4 is 9.80 Å². The molecule has 2 atom stereocenters. The Morgan fingerprint density at radius 2 is 1.91 bits per heavy atom. The second kappa shape index (κ2) is 9.48. The number of benzene rings is 1. The third-order valence-corrected chi connectivity index (χ3v) is 6.47. The van der Waals surface area contributed by atoms with E-state index in [4.69, 9.17) is 16.3 Å². The van der Waals surface area contributed by atoms with Crippen LogP contribution in [0.2, 0.25) is 5.15 Å². The Balaban J connectivity index is 1.26. The van der Waals surface area contributed by atoms with Crippen LogP contribution in [0.3, 0.4) is 0 Å². The summed E-state index contributed by atoms with van der Waals surface area (Å²) in [5.74, 6) is 0.692. The van der Waals surface area contributed by atoms with Crippen LogP contribution in [-0.4, -0.2) is 77.9 Å². The van der Waals surface area contributed by atoms with Gasteiger partial charge in [-0.05, 0) is 37.3 Å². The van der Waals surface area contributed by atoms with Gasteiger partial charge in [0.1, 0.15) is 11.2 Å². The summed E-state index contributed by atoms with van der Waals surface area (Å²) in [7, 11) is 0. The molecule has 2 aliphatic rings. The lowest BCUT2D eigenvalue weighted by atomic mass is 10.1. The van der Waals surface area contributed by atoms with Crippen LogP contribution in [0, 0.1) is 11.3 Å². The minimum atomic E-state index is 0.102. The fourth-order valence-electron chi connectivity index (χ4n) is 4.76. The minimum Gasteiger partial charge on any atom is -0.370 e. The molecule has 4 heterocycles. The number of nitrogens with zero attached hydrogens (tertiary/aromatic N) is 7. The first-order valence-corrected chi connectivity index (χ1v) is 11.6. The van der Waals surface area contributed by atoms with Crippen LogP contribution in [0.15, 0.2) is 42.7 Å². The van der Waals surface area contributed by atoms with Crippen LogP contribution in [0.1, 0.15) is 12.5 Å². The Hall–Kier alpha value is -2.99. The maximum absolute atomic E-state index is 9.46. The van der Waals surface area contributed by atoms with E-state index in [1.165, 1.54) is 0 Å². The van der Waals surface area contributed by atoms with Crippen LogP contribution in [0.5, 0.6) is 0 Å². The highest BCUT2D eigenvalue weighted by atomic mass is 35.5. The minimum absolute atomic E-state index is 0.102. The quantitative estimate of drug-likeness (QED) is 0.546. The van der Waals surface area contributed by atoms with E-state index in [-0.39, 0.29) is 12.2 Å². The Morgan fingerprint density at radius 3 is 2.70 bits per heavy atom. The first-order chi connectivity index (χ1) is 16.1. The molecule has 2 aliphatic heterocycles. The van der Waals surface area contributed by atoms with Crippen molar-refractivity contribution in [1.29, 1.82) is 5.26 Å². The molecule has 0 amide bonds. The van der Waals surface area contributed by atoms with Gasteiger partial charge in [-0.1, -0.05) is 11.6 Å². The lowest BCUT2D eigenvalue weighted by Crippen LogP contribution is -2.54. The Labute approximate surface area is 198 Å². The standard InChI is InChI=1S/C24H26ClN7O/c1-17-14-32(21-5-4-18(13-26)23-20(21)3-2-7-27-23)16-19(33-17)15-30-9-11-31(12-10-30)24-28-8-6-22(25)29-24/h2-8,17,19H,9-12,14-16H2,1H3/t17-,19+/m1/s1. The zero-order valence-electron chi connectivity index (χ0n) is 18.6.